The first kappa shape index (κ1) is 30.8. The number of hydrogen-bond donors (Lipinski definition) is 1. The Morgan fingerprint density at radius 2 is 1.48 bits per heavy atom. The standard InChI is InChI=1S/C40H60N2O2/c1-35(2)17-16-33(43)40(7)31(35)15-18-39(6)32(40)14-13-29-30-27-37(4,20-19-36(30,3)21-22-38(29,39)5)34(44)42-25-23-41(24-26-42)28-11-9-8-10-12-28/h8-13,30-33,43H,14-27H2,1-7H3/t30-,31?,32?,33?,36+,37?,38+,39+,40-/m0/s1. The molecule has 5 aliphatic carbocycles. The highest BCUT2D eigenvalue weighted by atomic mass is 16.3. The van der Waals surface area contributed by atoms with E-state index in [9.17, 15) is 9.90 Å². The van der Waals surface area contributed by atoms with Crippen LogP contribution >= 0.6 is 0 Å². The van der Waals surface area contributed by atoms with Crippen LogP contribution in [0.15, 0.2) is 42.0 Å². The minimum atomic E-state index is -0.289. The normalized spacial score (nSPS) is 46.6. The monoisotopic (exact) mass is 600 g/mol. The molecule has 44 heavy (non-hydrogen) atoms. The number of para-hydroxylation sites is 1. The summed E-state index contributed by atoms with van der Waals surface area (Å²) in [6, 6.07) is 10.7. The van der Waals surface area contributed by atoms with Crippen LogP contribution in [0, 0.1) is 50.2 Å². The van der Waals surface area contributed by atoms with Crippen LogP contribution in [0.3, 0.4) is 0 Å². The number of piperazine rings is 1. The molecule has 1 aromatic rings. The number of anilines is 1. The van der Waals surface area contributed by atoms with Crippen LogP contribution < -0.4 is 4.90 Å². The molecule has 6 aliphatic rings. The minimum absolute atomic E-state index is 0.0283. The largest absolute Gasteiger partial charge is 0.393 e. The maximum atomic E-state index is 14.4. The molecule has 1 aromatic carbocycles. The van der Waals surface area contributed by atoms with Crippen molar-refractivity contribution in [2.45, 2.75) is 119 Å². The lowest BCUT2D eigenvalue weighted by Crippen LogP contribution is -2.66. The molecule has 0 bridgehead atoms. The zero-order valence-electron chi connectivity index (χ0n) is 28.9. The molecular weight excluding hydrogens is 540 g/mol. The van der Waals surface area contributed by atoms with Crippen LogP contribution in [0.4, 0.5) is 5.69 Å². The predicted octanol–water partition coefficient (Wildman–Crippen LogP) is 8.50. The quantitative estimate of drug-likeness (QED) is 0.346. The summed E-state index contributed by atoms with van der Waals surface area (Å²) in [5.41, 5.74) is 3.55. The van der Waals surface area contributed by atoms with Crippen LogP contribution in [0.25, 0.3) is 0 Å². The second kappa shape index (κ2) is 10.1. The average Bonchev–Trinajstić information content (AvgIpc) is 3.01. The topological polar surface area (TPSA) is 43.8 Å². The number of hydrogen-bond acceptors (Lipinski definition) is 3. The van der Waals surface area contributed by atoms with Crippen molar-refractivity contribution in [1.29, 1.82) is 0 Å². The fourth-order valence-electron chi connectivity index (χ4n) is 12.7. The number of aliphatic hydroxyl groups excluding tert-OH is 1. The fourth-order valence-corrected chi connectivity index (χ4v) is 12.7. The van der Waals surface area contributed by atoms with Crippen LogP contribution in [-0.2, 0) is 4.79 Å². The molecule has 0 aromatic heterocycles. The third-order valence-electron chi connectivity index (χ3n) is 15.9. The summed E-state index contributed by atoms with van der Waals surface area (Å²) in [4.78, 5) is 19.0. The van der Waals surface area contributed by atoms with Crippen molar-refractivity contribution in [3.63, 3.8) is 0 Å². The molecule has 4 unspecified atom stereocenters. The number of benzene rings is 1. The number of carbonyl (C=O) groups is 1. The van der Waals surface area contributed by atoms with E-state index in [-0.39, 0.29) is 33.2 Å². The third-order valence-corrected chi connectivity index (χ3v) is 15.9. The summed E-state index contributed by atoms with van der Waals surface area (Å²) in [5, 5.41) is 11.7. The zero-order chi connectivity index (χ0) is 31.3. The van der Waals surface area contributed by atoms with E-state index in [4.69, 9.17) is 0 Å². The molecule has 1 N–H and O–H groups in total. The van der Waals surface area contributed by atoms with Gasteiger partial charge in [-0.25, -0.2) is 0 Å². The lowest BCUT2D eigenvalue weighted by atomic mass is 9.33. The van der Waals surface area contributed by atoms with Gasteiger partial charge in [0.25, 0.3) is 0 Å². The molecule has 1 saturated heterocycles. The van der Waals surface area contributed by atoms with E-state index >= 15 is 0 Å². The molecular formula is C40H60N2O2. The second-order valence-corrected chi connectivity index (χ2v) is 18.3. The SMILES string of the molecule is CC1(C(=O)N2CCN(c3ccccc3)CC2)CC[C@]2(C)CC[C@]3(C)C(=CCC4[C@@]5(C)C(O)CCC(C)(C)C5CC[C@]43C)[C@@H]2C1. The van der Waals surface area contributed by atoms with Gasteiger partial charge in [-0.3, -0.25) is 4.79 Å². The molecule has 7 rings (SSSR count). The second-order valence-electron chi connectivity index (χ2n) is 18.3. The number of aliphatic hydroxyl groups is 1. The van der Waals surface area contributed by atoms with Gasteiger partial charge in [-0.15, -0.1) is 0 Å². The van der Waals surface area contributed by atoms with Crippen molar-refractivity contribution in [2.75, 3.05) is 31.1 Å². The van der Waals surface area contributed by atoms with Gasteiger partial charge in [-0.05, 0) is 116 Å². The van der Waals surface area contributed by atoms with Crippen LogP contribution in [0.5, 0.6) is 0 Å². The van der Waals surface area contributed by atoms with Crippen molar-refractivity contribution in [1.82, 2.24) is 4.90 Å². The number of nitrogens with zero attached hydrogens (tertiary/aromatic N) is 2. The Morgan fingerprint density at radius 3 is 2.18 bits per heavy atom. The molecule has 5 fully saturated rings. The Balaban J connectivity index is 1.15. The Labute approximate surface area is 268 Å². The zero-order valence-corrected chi connectivity index (χ0v) is 28.9. The van der Waals surface area contributed by atoms with E-state index in [1.807, 2.05) is 0 Å². The number of rotatable bonds is 2. The van der Waals surface area contributed by atoms with Gasteiger partial charge < -0.3 is 14.9 Å². The van der Waals surface area contributed by atoms with Crippen LogP contribution in [-0.4, -0.2) is 48.2 Å². The van der Waals surface area contributed by atoms with E-state index < -0.39 is 0 Å². The lowest BCUT2D eigenvalue weighted by molar-refractivity contribution is -0.219. The summed E-state index contributed by atoms with van der Waals surface area (Å²) in [5.74, 6) is 1.98. The summed E-state index contributed by atoms with van der Waals surface area (Å²) < 4.78 is 0. The smallest absolute Gasteiger partial charge is 0.228 e. The number of fused-ring (bicyclic) bond motifs is 7. The van der Waals surface area contributed by atoms with E-state index in [1.54, 1.807) is 5.57 Å². The molecule has 1 amide bonds. The average molecular weight is 601 g/mol. The van der Waals surface area contributed by atoms with Crippen molar-refractivity contribution < 1.29 is 9.90 Å². The Morgan fingerprint density at radius 1 is 0.795 bits per heavy atom. The maximum absolute atomic E-state index is 14.4. The molecule has 0 spiro atoms. The van der Waals surface area contributed by atoms with E-state index in [2.05, 4.69) is 94.7 Å². The number of carbonyl (C=O) groups excluding carboxylic acids is 1. The summed E-state index contributed by atoms with van der Waals surface area (Å²) >= 11 is 0. The van der Waals surface area contributed by atoms with Crippen molar-refractivity contribution in [3.8, 4) is 0 Å². The lowest BCUT2D eigenvalue weighted by Gasteiger charge is -2.71. The molecule has 4 nitrogen and oxygen atoms in total. The van der Waals surface area contributed by atoms with Gasteiger partial charge >= 0.3 is 0 Å². The molecule has 1 heterocycles. The van der Waals surface area contributed by atoms with Gasteiger partial charge in [0.1, 0.15) is 0 Å². The first-order valence-corrected chi connectivity index (χ1v) is 18.2. The highest BCUT2D eigenvalue weighted by Gasteiger charge is 2.69. The van der Waals surface area contributed by atoms with Crippen LogP contribution in [0.1, 0.15) is 113 Å². The predicted molar refractivity (Wildman–Crippen MR) is 180 cm³/mol. The molecule has 0 radical (unpaired) electrons. The summed E-state index contributed by atoms with van der Waals surface area (Å²) in [7, 11) is 0. The van der Waals surface area contributed by atoms with Gasteiger partial charge in [-0.2, -0.15) is 0 Å². The summed E-state index contributed by atoms with van der Waals surface area (Å²) in [6.45, 7) is 21.0. The number of amides is 1. The minimum Gasteiger partial charge on any atom is -0.393 e. The molecule has 4 saturated carbocycles. The van der Waals surface area contributed by atoms with E-state index in [0.29, 0.717) is 29.1 Å². The van der Waals surface area contributed by atoms with Crippen molar-refractivity contribution in [2.24, 2.45) is 50.2 Å². The first-order valence-electron chi connectivity index (χ1n) is 18.2. The maximum Gasteiger partial charge on any atom is 0.228 e. The van der Waals surface area contributed by atoms with Crippen molar-refractivity contribution in [3.05, 3.63) is 42.0 Å². The van der Waals surface area contributed by atoms with Crippen LogP contribution in [0.2, 0.25) is 0 Å². The van der Waals surface area contributed by atoms with Gasteiger partial charge in [0.2, 0.25) is 5.91 Å². The van der Waals surface area contributed by atoms with Gasteiger partial charge in [-0.1, -0.05) is 78.3 Å². The highest BCUT2D eigenvalue weighted by Crippen LogP contribution is 2.75. The van der Waals surface area contributed by atoms with Gasteiger partial charge in [0.15, 0.2) is 0 Å². The summed E-state index contributed by atoms with van der Waals surface area (Å²) in [6.07, 6.45) is 13.9. The Kier molecular flexibility index (Phi) is 7.07. The number of allylic oxidation sites excluding steroid dienone is 2. The molecule has 1 aliphatic heterocycles. The Bertz CT molecular complexity index is 1310. The Hall–Kier alpha value is -1.81. The molecule has 9 atom stereocenters. The first-order chi connectivity index (χ1) is 20.7. The molecule has 242 valence electrons. The van der Waals surface area contributed by atoms with E-state index in [1.165, 1.54) is 31.4 Å². The highest BCUT2D eigenvalue weighted by molar-refractivity contribution is 5.83. The third kappa shape index (κ3) is 4.20. The van der Waals surface area contributed by atoms with Crippen molar-refractivity contribution >= 4 is 11.6 Å². The van der Waals surface area contributed by atoms with E-state index in [0.717, 1.165) is 64.7 Å². The molecule has 4 heteroatoms. The fraction of sp³-hybridized carbons (Fsp3) is 0.775. The van der Waals surface area contributed by atoms with Gasteiger partial charge in [0.05, 0.1) is 6.10 Å². The van der Waals surface area contributed by atoms with Gasteiger partial charge in [0, 0.05) is 42.7 Å².